The van der Waals surface area contributed by atoms with Gasteiger partial charge in [0.25, 0.3) is 0 Å². The van der Waals surface area contributed by atoms with E-state index in [1.54, 1.807) is 0 Å². The van der Waals surface area contributed by atoms with Crippen LogP contribution in [-0.4, -0.2) is 91.2 Å². The quantitative estimate of drug-likeness (QED) is 0.0892. The molecule has 142 valence electrons. The Kier molecular flexibility index (Phi) is 11.5. The predicted molar refractivity (Wildman–Crippen MR) is 80.3 cm³/mol. The van der Waals surface area contributed by atoms with Crippen LogP contribution < -0.4 is 20.2 Å². The Morgan fingerprint density at radius 2 is 0.880 bits per heavy atom. The third-order valence-electron chi connectivity index (χ3n) is 2.52. The second-order valence-corrected chi connectivity index (χ2v) is 3.93. The summed E-state index contributed by atoms with van der Waals surface area (Å²) in [6.45, 7) is -3.61. The molecule has 15 nitrogen and oxygen atoms in total. The number of aromatic nitrogens is 3. The molecule has 15 heteroatoms. The number of aliphatic hydroxyl groups is 6. The lowest BCUT2D eigenvalue weighted by molar-refractivity contribution is 0.214. The normalized spacial score (nSPS) is 9.52. The molecule has 0 aliphatic rings. The molecule has 0 fully saturated rings. The molecule has 1 aromatic rings. The molecule has 0 atom stereocenters. The molecule has 0 radical (unpaired) electrons. The molecule has 0 aromatic carbocycles. The van der Waals surface area contributed by atoms with Gasteiger partial charge in [0, 0.05) is 0 Å². The third-order valence-corrected chi connectivity index (χ3v) is 2.52. The highest BCUT2D eigenvalue weighted by molar-refractivity contribution is 5.45. The van der Waals surface area contributed by atoms with Crippen molar-refractivity contribution in [1.82, 2.24) is 20.4 Å². The fourth-order valence-corrected chi connectivity index (χ4v) is 1.28. The van der Waals surface area contributed by atoms with E-state index in [2.05, 4.69) is 15.0 Å². The summed E-state index contributed by atoms with van der Waals surface area (Å²) in [5.41, 5.74) is 1.24. The highest BCUT2D eigenvalue weighted by Gasteiger charge is 2.18. The van der Waals surface area contributed by atoms with Crippen LogP contribution in [0.4, 0.5) is 17.8 Å². The van der Waals surface area contributed by atoms with Crippen LogP contribution in [0.2, 0.25) is 0 Å². The minimum atomic E-state index is -0.601. The van der Waals surface area contributed by atoms with Crippen molar-refractivity contribution in [3.8, 4) is 6.19 Å². The minimum absolute atomic E-state index is 0.168. The lowest BCUT2D eigenvalue weighted by Gasteiger charge is -2.24. The number of hydrogen-bond acceptors (Lipinski definition) is 15. The first kappa shape index (κ1) is 22.4. The van der Waals surface area contributed by atoms with E-state index in [0.29, 0.717) is 0 Å². The van der Waals surface area contributed by atoms with Gasteiger partial charge in [0.05, 0.1) is 0 Å². The molecule has 0 spiro atoms. The number of anilines is 3. The van der Waals surface area contributed by atoms with Gasteiger partial charge in [0.2, 0.25) is 24.0 Å². The highest BCUT2D eigenvalue weighted by atomic mass is 16.5. The first-order valence-corrected chi connectivity index (χ1v) is 6.50. The highest BCUT2D eigenvalue weighted by Crippen LogP contribution is 2.18. The maximum absolute atomic E-state index is 9.11. The summed E-state index contributed by atoms with van der Waals surface area (Å²) in [6.07, 6.45) is 1.24. The van der Waals surface area contributed by atoms with Gasteiger partial charge in [-0.3, -0.25) is 19.9 Å². The van der Waals surface area contributed by atoms with E-state index in [0.717, 1.165) is 14.7 Å². The SMILES string of the molecule is N#CNO.OCN(CO)c1nc(N(CO)CO)nc(N(CO)CO)n1. The number of nitriles is 1. The Morgan fingerprint density at radius 1 is 0.680 bits per heavy atom. The lowest BCUT2D eigenvalue weighted by atomic mass is 10.6. The second-order valence-electron chi connectivity index (χ2n) is 3.93. The van der Waals surface area contributed by atoms with Crippen LogP contribution in [0.5, 0.6) is 0 Å². The van der Waals surface area contributed by atoms with E-state index in [9.17, 15) is 0 Å². The van der Waals surface area contributed by atoms with Gasteiger partial charge in [-0.05, 0) is 0 Å². The smallest absolute Gasteiger partial charge is 0.235 e. The van der Waals surface area contributed by atoms with Crippen LogP contribution in [0.25, 0.3) is 0 Å². The molecular weight excluding hydrogens is 344 g/mol. The molecule has 0 aliphatic carbocycles. The zero-order valence-corrected chi connectivity index (χ0v) is 13.0. The summed E-state index contributed by atoms with van der Waals surface area (Å²) in [6, 6.07) is 0. The van der Waals surface area contributed by atoms with Crippen LogP contribution in [0, 0.1) is 11.5 Å². The van der Waals surface area contributed by atoms with E-state index in [1.807, 2.05) is 0 Å². The average Bonchev–Trinajstić information content (AvgIpc) is 2.65. The summed E-state index contributed by atoms with van der Waals surface area (Å²) < 4.78 is 0. The molecule has 1 heterocycles. The Bertz CT molecular complexity index is 444. The van der Waals surface area contributed by atoms with Gasteiger partial charge in [-0.15, -0.1) is 0 Å². The van der Waals surface area contributed by atoms with Crippen LogP contribution >= 0.6 is 0 Å². The first-order valence-electron chi connectivity index (χ1n) is 6.50. The standard InChI is InChI=1S/C9H18N6O6.CH2N2O/c16-1-13(2-17)7-10-8(14(3-18)4-19)12-9(11-7)15(5-20)6-21;2-1-3-4/h16-21H,1-6H2;3-4H. The van der Waals surface area contributed by atoms with Crippen molar-refractivity contribution in [2.45, 2.75) is 0 Å². The molecule has 0 bridgehead atoms. The number of nitrogens with zero attached hydrogens (tertiary/aromatic N) is 7. The van der Waals surface area contributed by atoms with Crippen LogP contribution in [-0.2, 0) is 0 Å². The van der Waals surface area contributed by atoms with Gasteiger partial charge in [-0.25, -0.2) is 5.48 Å². The maximum atomic E-state index is 9.11. The zero-order valence-electron chi connectivity index (χ0n) is 13.0. The molecule has 0 saturated carbocycles. The zero-order chi connectivity index (χ0) is 19.2. The molecule has 0 amide bonds. The van der Waals surface area contributed by atoms with Crippen molar-refractivity contribution < 1.29 is 35.8 Å². The molecule has 0 aliphatic heterocycles. The third kappa shape index (κ3) is 6.82. The van der Waals surface area contributed by atoms with Crippen molar-refractivity contribution >= 4 is 17.8 Å². The van der Waals surface area contributed by atoms with Crippen molar-refractivity contribution in [3.63, 3.8) is 0 Å². The predicted octanol–water partition coefficient (Wildman–Crippen LogP) is -4.56. The molecule has 0 unspecified atom stereocenters. The topological polar surface area (TPSA) is 226 Å². The average molecular weight is 364 g/mol. The number of nitrogens with one attached hydrogen (secondary N) is 1. The molecule has 25 heavy (non-hydrogen) atoms. The minimum Gasteiger partial charge on any atom is -0.376 e. The Morgan fingerprint density at radius 3 is 1.00 bits per heavy atom. The largest absolute Gasteiger partial charge is 0.376 e. The Labute approximate surface area is 141 Å². The summed E-state index contributed by atoms with van der Waals surface area (Å²) in [5.74, 6) is -0.503. The summed E-state index contributed by atoms with van der Waals surface area (Å²) >= 11 is 0. The fourth-order valence-electron chi connectivity index (χ4n) is 1.28. The Hall–Kier alpha value is -2.58. The Balaban J connectivity index is 0.00000129. The number of hydroxylamine groups is 1. The van der Waals surface area contributed by atoms with E-state index in [1.165, 1.54) is 11.7 Å². The van der Waals surface area contributed by atoms with Gasteiger partial charge in [-0.1, -0.05) is 0 Å². The van der Waals surface area contributed by atoms with Crippen LogP contribution in [0.3, 0.4) is 0 Å². The number of rotatable bonds is 9. The molecule has 8 N–H and O–H groups in total. The van der Waals surface area contributed by atoms with Gasteiger partial charge >= 0.3 is 0 Å². The molecule has 1 rings (SSSR count). The summed E-state index contributed by atoms with van der Waals surface area (Å²) in [7, 11) is 0. The number of hydrogen-bond donors (Lipinski definition) is 8. The van der Waals surface area contributed by atoms with Gasteiger partial charge in [0.15, 0.2) is 0 Å². The monoisotopic (exact) mass is 364 g/mol. The van der Waals surface area contributed by atoms with E-state index in [-0.39, 0.29) is 17.8 Å². The molecule has 1 aromatic heterocycles. The van der Waals surface area contributed by atoms with E-state index in [4.69, 9.17) is 41.1 Å². The fraction of sp³-hybridized carbons (Fsp3) is 0.600. The van der Waals surface area contributed by atoms with Gasteiger partial charge < -0.3 is 30.6 Å². The van der Waals surface area contributed by atoms with Crippen molar-refractivity contribution in [1.29, 1.82) is 5.26 Å². The number of aliphatic hydroxyl groups excluding tert-OH is 6. The van der Waals surface area contributed by atoms with Gasteiger partial charge in [-0.2, -0.15) is 20.2 Å². The maximum Gasteiger partial charge on any atom is 0.235 e. The van der Waals surface area contributed by atoms with Crippen molar-refractivity contribution in [2.24, 2.45) is 0 Å². The van der Waals surface area contributed by atoms with Crippen LogP contribution in [0.1, 0.15) is 0 Å². The molecule has 0 saturated heterocycles. The van der Waals surface area contributed by atoms with Crippen LogP contribution in [0.15, 0.2) is 0 Å². The second kappa shape index (κ2) is 12.8. The van der Waals surface area contributed by atoms with E-state index >= 15 is 0 Å². The van der Waals surface area contributed by atoms with E-state index < -0.39 is 40.4 Å². The van der Waals surface area contributed by atoms with Gasteiger partial charge in [0.1, 0.15) is 40.4 Å². The lowest BCUT2D eigenvalue weighted by Crippen LogP contribution is -2.34. The molecular formula is C10H20N8O7. The summed E-state index contributed by atoms with van der Waals surface area (Å²) in [4.78, 5) is 14.5. The summed E-state index contributed by atoms with van der Waals surface area (Å²) in [5, 5.41) is 69.2. The van der Waals surface area contributed by atoms with Crippen molar-refractivity contribution in [2.75, 3.05) is 55.1 Å². The first-order chi connectivity index (χ1) is 12.1. The van der Waals surface area contributed by atoms with Crippen molar-refractivity contribution in [3.05, 3.63) is 0 Å².